The molecule has 2 rings (SSSR count). The molecule has 0 saturated carbocycles. The molecular weight excluding hydrogens is 246 g/mol. The van der Waals surface area contributed by atoms with Crippen molar-refractivity contribution in [1.82, 2.24) is 10.2 Å². The van der Waals surface area contributed by atoms with E-state index in [1.807, 2.05) is 0 Å². The molecule has 0 unspecified atom stereocenters. The number of benzene rings is 1. The lowest BCUT2D eigenvalue weighted by Gasteiger charge is -2.28. The summed E-state index contributed by atoms with van der Waals surface area (Å²) in [6, 6.07) is 6.15. The van der Waals surface area contributed by atoms with E-state index in [1.54, 1.807) is 24.1 Å². The van der Waals surface area contributed by atoms with Crippen LogP contribution in [-0.4, -0.2) is 55.0 Å². The van der Waals surface area contributed by atoms with Gasteiger partial charge in [0, 0.05) is 38.9 Å². The third-order valence-corrected chi connectivity index (χ3v) is 3.13. The molecule has 0 aromatic heterocycles. The molecular formula is C13H17N3O3. The van der Waals surface area contributed by atoms with Gasteiger partial charge in [-0.05, 0) is 24.3 Å². The minimum absolute atomic E-state index is 0.123. The lowest BCUT2D eigenvalue weighted by Crippen LogP contribution is -2.51. The quantitative estimate of drug-likeness (QED) is 0.688. The summed E-state index contributed by atoms with van der Waals surface area (Å²) in [5, 5.41) is 12.3. The van der Waals surface area contributed by atoms with Gasteiger partial charge >= 0.3 is 11.8 Å². The Morgan fingerprint density at radius 3 is 2.37 bits per heavy atom. The van der Waals surface area contributed by atoms with Gasteiger partial charge in [0.1, 0.15) is 5.75 Å². The average Bonchev–Trinajstić information content (AvgIpc) is 2.46. The number of piperazine rings is 1. The summed E-state index contributed by atoms with van der Waals surface area (Å²) in [7, 11) is 1.55. The molecule has 1 aromatic rings. The van der Waals surface area contributed by atoms with E-state index >= 15 is 0 Å². The number of nitrogens with zero attached hydrogens (tertiary/aromatic N) is 2. The van der Waals surface area contributed by atoms with Crippen molar-refractivity contribution in [2.45, 2.75) is 0 Å². The van der Waals surface area contributed by atoms with E-state index in [-0.39, 0.29) is 5.75 Å². The van der Waals surface area contributed by atoms with Gasteiger partial charge < -0.3 is 20.2 Å². The van der Waals surface area contributed by atoms with Gasteiger partial charge in [-0.25, -0.2) is 0 Å². The van der Waals surface area contributed by atoms with Crippen molar-refractivity contribution in [2.75, 3.05) is 38.1 Å². The first-order valence-corrected chi connectivity index (χ1v) is 6.16. The molecule has 2 N–H and O–H groups in total. The Bertz CT molecular complexity index is 467. The topological polar surface area (TPSA) is 72.9 Å². The Labute approximate surface area is 111 Å². The Morgan fingerprint density at radius 1 is 1.21 bits per heavy atom. The van der Waals surface area contributed by atoms with Gasteiger partial charge in [-0.2, -0.15) is 0 Å². The third kappa shape index (κ3) is 3.03. The summed E-state index contributed by atoms with van der Waals surface area (Å²) in [5.41, 5.74) is 0.575. The molecule has 1 saturated heterocycles. The Hall–Kier alpha value is -2.08. The standard InChI is InChI=1S/C13H17N3O3/c1-15(10-2-4-11(17)5-3-10)12(18)13(19)16-8-6-14-7-9-16/h2-5,14,17H,6-9H2,1H3. The zero-order chi connectivity index (χ0) is 13.8. The number of anilines is 1. The second-order valence-corrected chi connectivity index (χ2v) is 4.42. The molecule has 19 heavy (non-hydrogen) atoms. The van der Waals surface area contributed by atoms with Crippen molar-refractivity contribution in [3.63, 3.8) is 0 Å². The molecule has 1 fully saturated rings. The molecule has 0 atom stereocenters. The van der Waals surface area contributed by atoms with Crippen LogP contribution in [0.4, 0.5) is 5.69 Å². The van der Waals surface area contributed by atoms with Crippen molar-refractivity contribution in [2.24, 2.45) is 0 Å². The number of hydrogen-bond acceptors (Lipinski definition) is 4. The van der Waals surface area contributed by atoms with Crippen LogP contribution in [-0.2, 0) is 9.59 Å². The van der Waals surface area contributed by atoms with Crippen LogP contribution in [0.15, 0.2) is 24.3 Å². The maximum absolute atomic E-state index is 12.1. The highest BCUT2D eigenvalue weighted by atomic mass is 16.3. The van der Waals surface area contributed by atoms with Crippen LogP contribution < -0.4 is 10.2 Å². The molecule has 6 heteroatoms. The van der Waals surface area contributed by atoms with Crippen molar-refractivity contribution in [3.8, 4) is 5.75 Å². The normalized spacial score (nSPS) is 15.1. The fourth-order valence-electron chi connectivity index (χ4n) is 1.94. The highest BCUT2D eigenvalue weighted by molar-refractivity contribution is 6.40. The van der Waals surface area contributed by atoms with E-state index in [9.17, 15) is 14.7 Å². The minimum Gasteiger partial charge on any atom is -0.508 e. The Kier molecular flexibility index (Phi) is 4.01. The van der Waals surface area contributed by atoms with Crippen molar-refractivity contribution in [1.29, 1.82) is 0 Å². The number of rotatable bonds is 1. The third-order valence-electron chi connectivity index (χ3n) is 3.13. The lowest BCUT2D eigenvalue weighted by molar-refractivity contribution is -0.144. The molecule has 1 aliphatic rings. The number of phenolic OH excluding ortho intramolecular Hbond substituents is 1. The van der Waals surface area contributed by atoms with Crippen LogP contribution in [0.3, 0.4) is 0 Å². The number of phenols is 1. The molecule has 1 aliphatic heterocycles. The maximum atomic E-state index is 12.1. The van der Waals surface area contributed by atoms with Gasteiger partial charge in [0.2, 0.25) is 0 Å². The van der Waals surface area contributed by atoms with E-state index in [4.69, 9.17) is 0 Å². The minimum atomic E-state index is -0.562. The molecule has 0 spiro atoms. The highest BCUT2D eigenvalue weighted by Gasteiger charge is 2.26. The van der Waals surface area contributed by atoms with E-state index < -0.39 is 11.8 Å². The second-order valence-electron chi connectivity index (χ2n) is 4.42. The van der Waals surface area contributed by atoms with Crippen molar-refractivity contribution in [3.05, 3.63) is 24.3 Å². The molecule has 102 valence electrons. The number of nitrogens with one attached hydrogen (secondary N) is 1. The van der Waals surface area contributed by atoms with E-state index in [2.05, 4.69) is 5.32 Å². The summed E-state index contributed by atoms with van der Waals surface area (Å²) in [5.74, 6) is -0.928. The van der Waals surface area contributed by atoms with Crippen LogP contribution in [0.1, 0.15) is 0 Å². The van der Waals surface area contributed by atoms with Crippen LogP contribution in [0, 0.1) is 0 Å². The van der Waals surface area contributed by atoms with Gasteiger partial charge in [-0.15, -0.1) is 0 Å². The van der Waals surface area contributed by atoms with Gasteiger partial charge in [0.05, 0.1) is 0 Å². The molecule has 2 amide bonds. The van der Waals surface area contributed by atoms with Crippen molar-refractivity contribution >= 4 is 17.5 Å². The highest BCUT2D eigenvalue weighted by Crippen LogP contribution is 2.17. The molecule has 6 nitrogen and oxygen atoms in total. The average molecular weight is 263 g/mol. The monoisotopic (exact) mass is 263 g/mol. The van der Waals surface area contributed by atoms with Crippen LogP contribution in [0.2, 0.25) is 0 Å². The molecule has 1 aromatic carbocycles. The molecule has 0 bridgehead atoms. The smallest absolute Gasteiger partial charge is 0.316 e. The number of aromatic hydroxyl groups is 1. The molecule has 0 radical (unpaired) electrons. The predicted octanol–water partition coefficient (Wildman–Crippen LogP) is -0.213. The SMILES string of the molecule is CN(C(=O)C(=O)N1CCNCC1)c1ccc(O)cc1. The van der Waals surface area contributed by atoms with Gasteiger partial charge in [-0.1, -0.05) is 0 Å². The van der Waals surface area contributed by atoms with E-state index in [1.165, 1.54) is 17.0 Å². The number of amides is 2. The first-order chi connectivity index (χ1) is 9.09. The van der Waals surface area contributed by atoms with Crippen molar-refractivity contribution < 1.29 is 14.7 Å². The van der Waals surface area contributed by atoms with Gasteiger partial charge in [-0.3, -0.25) is 9.59 Å². The number of carbonyl (C=O) groups excluding carboxylic acids is 2. The first-order valence-electron chi connectivity index (χ1n) is 6.16. The first kappa shape index (κ1) is 13.4. The predicted molar refractivity (Wildman–Crippen MR) is 71.0 cm³/mol. The van der Waals surface area contributed by atoms with Gasteiger partial charge in [0.25, 0.3) is 0 Å². The molecule has 1 heterocycles. The second kappa shape index (κ2) is 5.71. The summed E-state index contributed by atoms with van der Waals surface area (Å²) >= 11 is 0. The number of likely N-dealkylation sites (N-methyl/N-ethyl adjacent to an activating group) is 1. The maximum Gasteiger partial charge on any atom is 0.316 e. The number of carbonyl (C=O) groups is 2. The largest absolute Gasteiger partial charge is 0.508 e. The van der Waals surface area contributed by atoms with E-state index in [0.29, 0.717) is 31.9 Å². The fraction of sp³-hybridized carbons (Fsp3) is 0.385. The summed E-state index contributed by atoms with van der Waals surface area (Å²) in [6.45, 7) is 2.52. The Morgan fingerprint density at radius 2 is 1.79 bits per heavy atom. The van der Waals surface area contributed by atoms with Crippen LogP contribution in [0.5, 0.6) is 5.75 Å². The summed E-state index contributed by atoms with van der Waals surface area (Å²) < 4.78 is 0. The molecule has 0 aliphatic carbocycles. The zero-order valence-corrected chi connectivity index (χ0v) is 10.8. The Balaban J connectivity index is 2.05. The lowest BCUT2D eigenvalue weighted by atomic mass is 10.2. The zero-order valence-electron chi connectivity index (χ0n) is 10.8. The van der Waals surface area contributed by atoms with E-state index in [0.717, 1.165) is 0 Å². The fourth-order valence-corrected chi connectivity index (χ4v) is 1.94. The summed E-state index contributed by atoms with van der Waals surface area (Å²) in [6.07, 6.45) is 0. The number of hydrogen-bond donors (Lipinski definition) is 2. The van der Waals surface area contributed by atoms with Crippen LogP contribution in [0.25, 0.3) is 0 Å². The van der Waals surface area contributed by atoms with Crippen LogP contribution >= 0.6 is 0 Å². The van der Waals surface area contributed by atoms with Gasteiger partial charge in [0.15, 0.2) is 0 Å². The summed E-state index contributed by atoms with van der Waals surface area (Å²) in [4.78, 5) is 27.0.